The number of hydrogen-bond acceptors (Lipinski definition) is 3. The van der Waals surface area contributed by atoms with Gasteiger partial charge in [-0.3, -0.25) is 4.99 Å². The lowest BCUT2D eigenvalue weighted by atomic mass is 9.87. The van der Waals surface area contributed by atoms with Crippen LogP contribution in [0.1, 0.15) is 64.7 Å². The summed E-state index contributed by atoms with van der Waals surface area (Å²) < 4.78 is 23.3. The zero-order chi connectivity index (χ0) is 17.0. The molecule has 146 valence electrons. The van der Waals surface area contributed by atoms with E-state index in [1.807, 2.05) is 0 Å². The summed E-state index contributed by atoms with van der Waals surface area (Å²) in [7, 11) is -2.81. The van der Waals surface area contributed by atoms with Crippen molar-refractivity contribution in [3.05, 3.63) is 0 Å². The van der Waals surface area contributed by atoms with Crippen LogP contribution >= 0.6 is 24.0 Å². The minimum absolute atomic E-state index is 0. The Morgan fingerprint density at radius 1 is 1.00 bits per heavy atom. The van der Waals surface area contributed by atoms with Gasteiger partial charge in [0.2, 0.25) is 0 Å². The highest BCUT2D eigenvalue weighted by Crippen LogP contribution is 2.24. The van der Waals surface area contributed by atoms with E-state index in [0.29, 0.717) is 30.1 Å². The lowest BCUT2D eigenvalue weighted by Gasteiger charge is -2.30. The van der Waals surface area contributed by atoms with E-state index in [1.54, 1.807) is 0 Å². The predicted octanol–water partition coefficient (Wildman–Crippen LogP) is 3.10. The molecule has 0 amide bonds. The fourth-order valence-electron chi connectivity index (χ4n) is 4.39. The van der Waals surface area contributed by atoms with E-state index in [-0.39, 0.29) is 29.9 Å². The lowest BCUT2D eigenvalue weighted by molar-refractivity contribution is 0.323. The quantitative estimate of drug-likeness (QED) is 0.366. The summed E-state index contributed by atoms with van der Waals surface area (Å²) in [5.74, 6) is 2.55. The van der Waals surface area contributed by atoms with Crippen LogP contribution < -0.4 is 10.6 Å². The molecular formula is C18H34IN3O2S. The number of aliphatic imine (C=N–C) groups is 1. The maximum absolute atomic E-state index is 11.6. The van der Waals surface area contributed by atoms with Gasteiger partial charge in [0.1, 0.15) is 0 Å². The van der Waals surface area contributed by atoms with E-state index in [1.165, 1.54) is 51.4 Å². The molecule has 5 nitrogen and oxygen atoms in total. The first-order valence-electron chi connectivity index (χ1n) is 9.78. The Morgan fingerprint density at radius 3 is 2.32 bits per heavy atom. The first kappa shape index (κ1) is 21.3. The van der Waals surface area contributed by atoms with E-state index >= 15 is 0 Å². The fraction of sp³-hybridized carbons (Fsp3) is 0.944. The van der Waals surface area contributed by atoms with Crippen LogP contribution in [0, 0.1) is 11.8 Å². The average molecular weight is 483 g/mol. The topological polar surface area (TPSA) is 70.6 Å². The summed E-state index contributed by atoms with van der Waals surface area (Å²) in [5.41, 5.74) is 0. The van der Waals surface area contributed by atoms with E-state index < -0.39 is 9.84 Å². The van der Waals surface area contributed by atoms with Crippen molar-refractivity contribution in [2.75, 3.05) is 18.1 Å². The molecule has 2 saturated carbocycles. The molecule has 0 aromatic heterocycles. The van der Waals surface area contributed by atoms with E-state index in [0.717, 1.165) is 18.3 Å². The number of nitrogens with one attached hydrogen (secondary N) is 2. The highest BCUT2D eigenvalue weighted by atomic mass is 127. The molecule has 2 N–H and O–H groups in total. The Labute approximate surface area is 170 Å². The molecule has 0 radical (unpaired) electrons. The highest BCUT2D eigenvalue weighted by Gasteiger charge is 2.28. The summed E-state index contributed by atoms with van der Waals surface area (Å²) in [6, 6.07) is 1.04. The van der Waals surface area contributed by atoms with Crippen molar-refractivity contribution in [1.29, 1.82) is 0 Å². The average Bonchev–Trinajstić information content (AvgIpc) is 3.14. The summed E-state index contributed by atoms with van der Waals surface area (Å²) in [4.78, 5) is 4.78. The summed E-state index contributed by atoms with van der Waals surface area (Å²) in [5, 5.41) is 7.26. The maximum atomic E-state index is 11.6. The SMILES string of the molecule is CC1CCCC(NC(=NCC2CCS(=O)(=O)C2)NC2CCCC2)C1.I. The van der Waals surface area contributed by atoms with Gasteiger partial charge in [-0.05, 0) is 43.9 Å². The summed E-state index contributed by atoms with van der Waals surface area (Å²) in [6.45, 7) is 2.96. The van der Waals surface area contributed by atoms with Gasteiger partial charge in [0, 0.05) is 18.6 Å². The molecule has 2 aliphatic carbocycles. The molecule has 3 fully saturated rings. The second kappa shape index (κ2) is 9.76. The van der Waals surface area contributed by atoms with Crippen molar-refractivity contribution in [3.8, 4) is 0 Å². The highest BCUT2D eigenvalue weighted by molar-refractivity contribution is 14.0. The van der Waals surface area contributed by atoms with Gasteiger partial charge < -0.3 is 10.6 Å². The molecule has 3 unspecified atom stereocenters. The lowest BCUT2D eigenvalue weighted by Crippen LogP contribution is -2.48. The van der Waals surface area contributed by atoms with Crippen molar-refractivity contribution in [2.45, 2.75) is 76.8 Å². The molecule has 7 heteroatoms. The molecule has 25 heavy (non-hydrogen) atoms. The predicted molar refractivity (Wildman–Crippen MR) is 114 cm³/mol. The molecule has 0 aromatic rings. The summed E-state index contributed by atoms with van der Waals surface area (Å²) >= 11 is 0. The molecule has 1 saturated heterocycles. The van der Waals surface area contributed by atoms with Gasteiger partial charge >= 0.3 is 0 Å². The Balaban J connectivity index is 0.00000225. The second-order valence-corrected chi connectivity index (χ2v) is 10.4. The standard InChI is InChI=1S/C18H33N3O2S.HI/c1-14-5-4-8-17(11-14)21-18(20-16-6-2-3-7-16)19-12-15-9-10-24(22,23)13-15;/h14-17H,2-13H2,1H3,(H2,19,20,21);1H. The molecule has 3 atom stereocenters. The normalized spacial score (nSPS) is 33.0. The van der Waals surface area contributed by atoms with E-state index in [9.17, 15) is 8.42 Å². The third-order valence-corrected chi connectivity index (χ3v) is 7.64. The second-order valence-electron chi connectivity index (χ2n) is 8.20. The largest absolute Gasteiger partial charge is 0.354 e. The van der Waals surface area contributed by atoms with Crippen molar-refractivity contribution < 1.29 is 8.42 Å². The third kappa shape index (κ3) is 6.88. The number of rotatable bonds is 4. The van der Waals surface area contributed by atoms with Gasteiger partial charge in [0.05, 0.1) is 11.5 Å². The molecular weight excluding hydrogens is 449 g/mol. The van der Waals surface area contributed by atoms with Crippen LogP contribution in [0.2, 0.25) is 0 Å². The Bertz CT molecular complexity index is 547. The molecule has 0 bridgehead atoms. The van der Waals surface area contributed by atoms with Crippen molar-refractivity contribution in [1.82, 2.24) is 10.6 Å². The van der Waals surface area contributed by atoms with E-state index in [2.05, 4.69) is 17.6 Å². The van der Waals surface area contributed by atoms with Gasteiger partial charge in [-0.15, -0.1) is 24.0 Å². The number of nitrogens with zero attached hydrogens (tertiary/aromatic N) is 1. The molecule has 0 aromatic carbocycles. The Kier molecular flexibility index (Phi) is 8.30. The molecule has 0 spiro atoms. The first-order valence-corrected chi connectivity index (χ1v) is 11.6. The molecule has 3 aliphatic rings. The molecule has 3 rings (SSSR count). The number of halogens is 1. The number of hydrogen-bond donors (Lipinski definition) is 2. The first-order chi connectivity index (χ1) is 11.5. The van der Waals surface area contributed by atoms with E-state index in [4.69, 9.17) is 4.99 Å². The molecule has 1 aliphatic heterocycles. The van der Waals surface area contributed by atoms with Gasteiger partial charge in [-0.25, -0.2) is 8.42 Å². The van der Waals surface area contributed by atoms with Crippen LogP contribution in [-0.4, -0.2) is 44.5 Å². The zero-order valence-electron chi connectivity index (χ0n) is 15.4. The van der Waals surface area contributed by atoms with Crippen LogP contribution in [0.3, 0.4) is 0 Å². The third-order valence-electron chi connectivity index (χ3n) is 5.81. The monoisotopic (exact) mass is 483 g/mol. The smallest absolute Gasteiger partial charge is 0.191 e. The van der Waals surface area contributed by atoms with Crippen LogP contribution in [0.15, 0.2) is 4.99 Å². The Hall–Kier alpha value is -0.0500. The van der Waals surface area contributed by atoms with Crippen LogP contribution in [0.25, 0.3) is 0 Å². The van der Waals surface area contributed by atoms with Crippen LogP contribution in [-0.2, 0) is 9.84 Å². The number of sulfone groups is 1. The van der Waals surface area contributed by atoms with Gasteiger partial charge in [0.15, 0.2) is 15.8 Å². The van der Waals surface area contributed by atoms with Gasteiger partial charge in [-0.2, -0.15) is 0 Å². The van der Waals surface area contributed by atoms with Gasteiger partial charge in [-0.1, -0.05) is 32.6 Å². The minimum atomic E-state index is -2.81. The minimum Gasteiger partial charge on any atom is -0.354 e. The number of guanidine groups is 1. The zero-order valence-corrected chi connectivity index (χ0v) is 18.5. The van der Waals surface area contributed by atoms with Crippen LogP contribution in [0.5, 0.6) is 0 Å². The Morgan fingerprint density at radius 2 is 1.68 bits per heavy atom. The van der Waals surface area contributed by atoms with Crippen molar-refractivity contribution in [2.24, 2.45) is 16.8 Å². The van der Waals surface area contributed by atoms with Crippen LogP contribution in [0.4, 0.5) is 0 Å². The van der Waals surface area contributed by atoms with Crippen molar-refractivity contribution in [3.63, 3.8) is 0 Å². The molecule has 1 heterocycles. The van der Waals surface area contributed by atoms with Crippen molar-refractivity contribution >= 4 is 39.8 Å². The fourth-order valence-corrected chi connectivity index (χ4v) is 6.24. The summed E-state index contributed by atoms with van der Waals surface area (Å²) in [6.07, 6.45) is 10.9. The maximum Gasteiger partial charge on any atom is 0.191 e. The van der Waals surface area contributed by atoms with Gasteiger partial charge in [0.25, 0.3) is 0 Å².